The molecule has 0 spiro atoms. The van der Waals surface area contributed by atoms with E-state index in [1.54, 1.807) is 13.8 Å². The minimum absolute atomic E-state index is 0.377. The van der Waals surface area contributed by atoms with E-state index in [-0.39, 0.29) is 0 Å². The van der Waals surface area contributed by atoms with Gasteiger partial charge in [-0.05, 0) is 55.5 Å². The van der Waals surface area contributed by atoms with E-state index in [1.165, 1.54) is 0 Å². The van der Waals surface area contributed by atoms with Crippen molar-refractivity contribution in [3.63, 3.8) is 0 Å². The van der Waals surface area contributed by atoms with Crippen LogP contribution in [-0.2, 0) is 0 Å². The first kappa shape index (κ1) is 12.1. The van der Waals surface area contributed by atoms with Crippen LogP contribution in [0.3, 0.4) is 0 Å². The molecule has 0 amide bonds. The fourth-order valence-corrected chi connectivity index (χ4v) is 1.82. The SMILES string of the molecule is Cc1cc(C)c(C)c(C(O)C(F)F)c1C. The second kappa shape index (κ2) is 4.27. The minimum Gasteiger partial charge on any atom is -0.382 e. The standard InChI is InChI=1S/C12H16F2O/c1-6-5-7(2)9(4)10(8(6)3)11(15)12(13)14/h5,11-12,15H,1-4H3. The molecule has 3 heteroatoms. The smallest absolute Gasteiger partial charge is 0.268 e. The molecule has 0 saturated heterocycles. The Kier molecular flexibility index (Phi) is 3.45. The molecule has 1 N–H and O–H groups in total. The molecule has 0 fully saturated rings. The van der Waals surface area contributed by atoms with E-state index in [2.05, 4.69) is 0 Å². The van der Waals surface area contributed by atoms with E-state index < -0.39 is 12.5 Å². The molecule has 0 heterocycles. The van der Waals surface area contributed by atoms with Gasteiger partial charge >= 0.3 is 0 Å². The second-order valence-corrected chi connectivity index (χ2v) is 3.95. The van der Waals surface area contributed by atoms with Gasteiger partial charge in [-0.2, -0.15) is 0 Å². The summed E-state index contributed by atoms with van der Waals surface area (Å²) in [5.41, 5.74) is 3.76. The quantitative estimate of drug-likeness (QED) is 0.801. The van der Waals surface area contributed by atoms with Gasteiger partial charge < -0.3 is 5.11 Å². The lowest BCUT2D eigenvalue weighted by atomic mass is 9.91. The molecule has 84 valence electrons. The van der Waals surface area contributed by atoms with Crippen LogP contribution in [0.1, 0.15) is 33.9 Å². The van der Waals surface area contributed by atoms with Crippen molar-refractivity contribution in [1.29, 1.82) is 0 Å². The van der Waals surface area contributed by atoms with Gasteiger partial charge in [-0.1, -0.05) is 6.07 Å². The minimum atomic E-state index is -2.73. The van der Waals surface area contributed by atoms with Crippen molar-refractivity contribution >= 4 is 0 Å². The Morgan fingerprint density at radius 2 is 1.40 bits per heavy atom. The highest BCUT2D eigenvalue weighted by atomic mass is 19.3. The van der Waals surface area contributed by atoms with Crippen molar-refractivity contribution in [2.75, 3.05) is 0 Å². The van der Waals surface area contributed by atoms with E-state index in [9.17, 15) is 13.9 Å². The Bertz CT molecular complexity index is 346. The van der Waals surface area contributed by atoms with Crippen LogP contribution in [0.2, 0.25) is 0 Å². The van der Waals surface area contributed by atoms with Crippen LogP contribution in [0, 0.1) is 27.7 Å². The third-order valence-electron chi connectivity index (χ3n) is 2.96. The lowest BCUT2D eigenvalue weighted by Gasteiger charge is -2.19. The van der Waals surface area contributed by atoms with Gasteiger partial charge in [0.05, 0.1) is 0 Å². The predicted octanol–water partition coefficient (Wildman–Crippen LogP) is 3.22. The van der Waals surface area contributed by atoms with Gasteiger partial charge in [0, 0.05) is 0 Å². The van der Waals surface area contributed by atoms with Crippen molar-refractivity contribution in [1.82, 2.24) is 0 Å². The number of aryl methyl sites for hydroxylation is 2. The monoisotopic (exact) mass is 214 g/mol. The van der Waals surface area contributed by atoms with E-state index >= 15 is 0 Å². The Balaban J connectivity index is 3.39. The lowest BCUT2D eigenvalue weighted by molar-refractivity contribution is -0.00654. The summed E-state index contributed by atoms with van der Waals surface area (Å²) in [6.07, 6.45) is -4.41. The summed E-state index contributed by atoms with van der Waals surface area (Å²) in [5, 5.41) is 9.46. The third-order valence-corrected chi connectivity index (χ3v) is 2.96. The molecule has 0 aliphatic rings. The van der Waals surface area contributed by atoms with Gasteiger partial charge in [0.25, 0.3) is 6.43 Å². The molecule has 1 rings (SSSR count). The summed E-state index contributed by atoms with van der Waals surface area (Å²) in [5.74, 6) is 0. The predicted molar refractivity (Wildman–Crippen MR) is 56.4 cm³/mol. The maximum absolute atomic E-state index is 12.5. The average molecular weight is 214 g/mol. The number of hydrogen-bond acceptors (Lipinski definition) is 1. The number of aliphatic hydroxyl groups is 1. The fourth-order valence-electron chi connectivity index (χ4n) is 1.82. The molecule has 0 radical (unpaired) electrons. The first-order chi connectivity index (χ1) is 6.86. The van der Waals surface area contributed by atoms with Gasteiger partial charge in [0.1, 0.15) is 6.10 Å². The molecule has 15 heavy (non-hydrogen) atoms. The first-order valence-electron chi connectivity index (χ1n) is 4.89. The Hall–Kier alpha value is -0.960. The Morgan fingerprint density at radius 3 is 1.73 bits per heavy atom. The van der Waals surface area contributed by atoms with Gasteiger partial charge in [0.2, 0.25) is 0 Å². The topological polar surface area (TPSA) is 20.2 Å². The average Bonchev–Trinajstić information content (AvgIpc) is 2.15. The summed E-state index contributed by atoms with van der Waals surface area (Å²) in [4.78, 5) is 0. The van der Waals surface area contributed by atoms with Crippen LogP contribution in [0.15, 0.2) is 6.07 Å². The lowest BCUT2D eigenvalue weighted by Crippen LogP contribution is -2.13. The van der Waals surface area contributed by atoms with Crippen molar-refractivity contribution in [2.45, 2.75) is 40.2 Å². The van der Waals surface area contributed by atoms with Crippen molar-refractivity contribution in [2.24, 2.45) is 0 Å². The maximum atomic E-state index is 12.5. The highest BCUT2D eigenvalue weighted by Gasteiger charge is 2.24. The largest absolute Gasteiger partial charge is 0.382 e. The molecule has 1 atom stereocenters. The molecule has 0 saturated carbocycles. The molecule has 0 aromatic heterocycles. The summed E-state index contributed by atoms with van der Waals surface area (Å²) < 4.78 is 25.0. The summed E-state index contributed by atoms with van der Waals surface area (Å²) in [6, 6.07) is 1.95. The van der Waals surface area contributed by atoms with Crippen molar-refractivity contribution in [3.05, 3.63) is 33.9 Å². The maximum Gasteiger partial charge on any atom is 0.268 e. The zero-order valence-electron chi connectivity index (χ0n) is 9.44. The van der Waals surface area contributed by atoms with Gasteiger partial charge in [-0.25, -0.2) is 8.78 Å². The van der Waals surface area contributed by atoms with Gasteiger partial charge in [0.15, 0.2) is 0 Å². The zero-order chi connectivity index (χ0) is 11.7. The number of aliphatic hydroxyl groups excluding tert-OH is 1. The number of rotatable bonds is 2. The summed E-state index contributed by atoms with van der Waals surface area (Å²) in [6.45, 7) is 7.26. The van der Waals surface area contributed by atoms with Crippen LogP contribution < -0.4 is 0 Å². The summed E-state index contributed by atoms with van der Waals surface area (Å²) in [7, 11) is 0. The molecule has 0 bridgehead atoms. The van der Waals surface area contributed by atoms with E-state index in [1.807, 2.05) is 19.9 Å². The van der Waals surface area contributed by atoms with Gasteiger partial charge in [-0.15, -0.1) is 0 Å². The van der Waals surface area contributed by atoms with Crippen LogP contribution in [0.25, 0.3) is 0 Å². The highest BCUT2D eigenvalue weighted by molar-refractivity contribution is 5.45. The molecule has 0 aliphatic carbocycles. The van der Waals surface area contributed by atoms with Crippen LogP contribution >= 0.6 is 0 Å². The van der Waals surface area contributed by atoms with Gasteiger partial charge in [-0.3, -0.25) is 0 Å². The van der Waals surface area contributed by atoms with E-state index in [0.29, 0.717) is 5.56 Å². The molecular weight excluding hydrogens is 198 g/mol. The molecule has 1 aromatic carbocycles. The van der Waals surface area contributed by atoms with Crippen LogP contribution in [0.5, 0.6) is 0 Å². The normalized spacial score (nSPS) is 13.3. The second-order valence-electron chi connectivity index (χ2n) is 3.95. The number of hydrogen-bond donors (Lipinski definition) is 1. The fraction of sp³-hybridized carbons (Fsp3) is 0.500. The molecular formula is C12H16F2O. The highest BCUT2D eigenvalue weighted by Crippen LogP contribution is 2.30. The molecule has 0 aliphatic heterocycles. The first-order valence-corrected chi connectivity index (χ1v) is 4.89. The van der Waals surface area contributed by atoms with Crippen LogP contribution in [-0.4, -0.2) is 11.5 Å². The molecule has 1 nitrogen and oxygen atoms in total. The third kappa shape index (κ3) is 2.17. The number of alkyl halides is 2. The van der Waals surface area contributed by atoms with E-state index in [4.69, 9.17) is 0 Å². The number of halogens is 2. The number of benzene rings is 1. The van der Waals surface area contributed by atoms with Crippen LogP contribution in [0.4, 0.5) is 8.78 Å². The van der Waals surface area contributed by atoms with Crippen molar-refractivity contribution in [3.8, 4) is 0 Å². The zero-order valence-corrected chi connectivity index (χ0v) is 9.44. The van der Waals surface area contributed by atoms with E-state index in [0.717, 1.165) is 22.3 Å². The van der Waals surface area contributed by atoms with Crippen molar-refractivity contribution < 1.29 is 13.9 Å². The summed E-state index contributed by atoms with van der Waals surface area (Å²) >= 11 is 0. The molecule has 1 unspecified atom stereocenters. The Morgan fingerprint density at radius 1 is 1.00 bits per heavy atom. The molecule has 1 aromatic rings. The Labute approximate surface area is 88.7 Å².